The van der Waals surface area contributed by atoms with Crippen LogP contribution in [-0.2, 0) is 4.79 Å². The van der Waals surface area contributed by atoms with Crippen LogP contribution in [0.4, 0.5) is 0 Å². The Hall–Kier alpha value is -0.280. The summed E-state index contributed by atoms with van der Waals surface area (Å²) in [6.07, 6.45) is 3.56. The Labute approximate surface area is 112 Å². The lowest BCUT2D eigenvalue weighted by Crippen LogP contribution is -2.51. The van der Waals surface area contributed by atoms with E-state index in [9.17, 15) is 4.79 Å². The largest absolute Gasteiger partial charge is 0.341 e. The molecule has 0 aromatic heterocycles. The molecule has 0 radical (unpaired) electrons. The standard InChI is InChI=1S/C13H26N2O.ClH/c1-5-8-15(9-10-6-7-10)12(16)11(14)13(2,3)4;/h10-11H,5-9,14H2,1-4H3;1H/t11-;/m1./s1. The van der Waals surface area contributed by atoms with Crippen molar-refractivity contribution in [3.63, 3.8) is 0 Å². The first kappa shape index (κ1) is 16.7. The van der Waals surface area contributed by atoms with Crippen molar-refractivity contribution in [2.24, 2.45) is 17.1 Å². The first-order valence-electron chi connectivity index (χ1n) is 6.40. The Balaban J connectivity index is 0.00000256. The van der Waals surface area contributed by atoms with E-state index in [2.05, 4.69) is 6.92 Å². The molecule has 0 aromatic carbocycles. The maximum atomic E-state index is 12.2. The summed E-state index contributed by atoms with van der Waals surface area (Å²) in [5.74, 6) is 0.865. The lowest BCUT2D eigenvalue weighted by Gasteiger charge is -2.32. The van der Waals surface area contributed by atoms with E-state index in [1.54, 1.807) is 0 Å². The molecular weight excluding hydrogens is 236 g/mol. The molecule has 0 unspecified atom stereocenters. The third kappa shape index (κ3) is 5.26. The Bertz CT molecular complexity index is 246. The summed E-state index contributed by atoms with van der Waals surface area (Å²) in [4.78, 5) is 14.2. The monoisotopic (exact) mass is 262 g/mol. The Morgan fingerprint density at radius 2 is 1.94 bits per heavy atom. The van der Waals surface area contributed by atoms with Gasteiger partial charge in [0.1, 0.15) is 0 Å². The molecule has 17 heavy (non-hydrogen) atoms. The molecule has 0 aromatic rings. The molecule has 0 saturated heterocycles. The predicted molar refractivity (Wildman–Crippen MR) is 74.3 cm³/mol. The molecule has 1 fully saturated rings. The molecule has 0 bridgehead atoms. The van der Waals surface area contributed by atoms with Gasteiger partial charge in [-0.2, -0.15) is 0 Å². The summed E-state index contributed by atoms with van der Waals surface area (Å²) in [6, 6.07) is -0.377. The van der Waals surface area contributed by atoms with Crippen molar-refractivity contribution in [1.82, 2.24) is 4.90 Å². The first-order valence-corrected chi connectivity index (χ1v) is 6.40. The van der Waals surface area contributed by atoms with Gasteiger partial charge in [-0.3, -0.25) is 4.79 Å². The van der Waals surface area contributed by atoms with Gasteiger partial charge in [0.15, 0.2) is 0 Å². The number of hydrogen-bond acceptors (Lipinski definition) is 2. The van der Waals surface area contributed by atoms with Crippen LogP contribution in [0.2, 0.25) is 0 Å². The molecule has 1 amide bonds. The van der Waals surface area contributed by atoms with Crippen molar-refractivity contribution in [2.45, 2.75) is 53.0 Å². The molecule has 1 saturated carbocycles. The van der Waals surface area contributed by atoms with Gasteiger partial charge in [0.2, 0.25) is 5.91 Å². The van der Waals surface area contributed by atoms with Crippen molar-refractivity contribution in [1.29, 1.82) is 0 Å². The predicted octanol–water partition coefficient (Wildman–Crippen LogP) is 2.43. The molecule has 4 heteroatoms. The molecule has 1 rings (SSSR count). The molecule has 3 nitrogen and oxygen atoms in total. The van der Waals surface area contributed by atoms with E-state index < -0.39 is 0 Å². The summed E-state index contributed by atoms with van der Waals surface area (Å²) in [5.41, 5.74) is 5.88. The van der Waals surface area contributed by atoms with E-state index in [1.165, 1.54) is 12.8 Å². The zero-order chi connectivity index (χ0) is 12.3. The Morgan fingerprint density at radius 1 is 1.41 bits per heavy atom. The molecule has 102 valence electrons. The maximum Gasteiger partial charge on any atom is 0.240 e. The number of rotatable bonds is 5. The quantitative estimate of drug-likeness (QED) is 0.827. The van der Waals surface area contributed by atoms with Gasteiger partial charge in [-0.05, 0) is 30.6 Å². The average Bonchev–Trinajstić information content (AvgIpc) is 2.97. The van der Waals surface area contributed by atoms with Gasteiger partial charge in [-0.1, -0.05) is 27.7 Å². The molecular formula is C13H27ClN2O. The average molecular weight is 263 g/mol. The number of nitrogens with zero attached hydrogens (tertiary/aromatic N) is 1. The van der Waals surface area contributed by atoms with Crippen molar-refractivity contribution in [2.75, 3.05) is 13.1 Å². The van der Waals surface area contributed by atoms with Gasteiger partial charge in [-0.15, -0.1) is 12.4 Å². The number of halogens is 1. The van der Waals surface area contributed by atoms with Crippen molar-refractivity contribution in [3.8, 4) is 0 Å². The summed E-state index contributed by atoms with van der Waals surface area (Å²) < 4.78 is 0. The lowest BCUT2D eigenvalue weighted by atomic mass is 9.86. The molecule has 1 aliphatic carbocycles. The Kier molecular flexibility index (Phi) is 6.49. The molecule has 1 aliphatic rings. The van der Waals surface area contributed by atoms with Crippen LogP contribution in [0.1, 0.15) is 47.0 Å². The summed E-state index contributed by atoms with van der Waals surface area (Å²) >= 11 is 0. The van der Waals surface area contributed by atoms with E-state index in [1.807, 2.05) is 25.7 Å². The minimum absolute atomic E-state index is 0. The van der Waals surface area contributed by atoms with Crippen LogP contribution in [0.15, 0.2) is 0 Å². The van der Waals surface area contributed by atoms with Crippen molar-refractivity contribution < 1.29 is 4.79 Å². The lowest BCUT2D eigenvalue weighted by molar-refractivity contribution is -0.135. The van der Waals surface area contributed by atoms with E-state index >= 15 is 0 Å². The van der Waals surface area contributed by atoms with E-state index in [4.69, 9.17) is 5.73 Å². The zero-order valence-corrected chi connectivity index (χ0v) is 12.3. The topological polar surface area (TPSA) is 46.3 Å². The van der Waals surface area contributed by atoms with Crippen LogP contribution in [0.3, 0.4) is 0 Å². The van der Waals surface area contributed by atoms with Crippen LogP contribution < -0.4 is 5.73 Å². The number of hydrogen-bond donors (Lipinski definition) is 1. The van der Waals surface area contributed by atoms with Crippen LogP contribution >= 0.6 is 12.4 Å². The summed E-state index contributed by atoms with van der Waals surface area (Å²) in [6.45, 7) is 9.94. The highest BCUT2D eigenvalue weighted by molar-refractivity contribution is 5.85. The number of amides is 1. The zero-order valence-electron chi connectivity index (χ0n) is 11.5. The van der Waals surface area contributed by atoms with Crippen LogP contribution in [0.5, 0.6) is 0 Å². The maximum absolute atomic E-state index is 12.2. The van der Waals surface area contributed by atoms with E-state index in [-0.39, 0.29) is 29.8 Å². The van der Waals surface area contributed by atoms with Gasteiger partial charge in [0, 0.05) is 13.1 Å². The van der Waals surface area contributed by atoms with Gasteiger partial charge >= 0.3 is 0 Å². The minimum Gasteiger partial charge on any atom is -0.341 e. The van der Waals surface area contributed by atoms with Crippen LogP contribution in [-0.4, -0.2) is 29.9 Å². The normalized spacial score (nSPS) is 17.2. The van der Waals surface area contributed by atoms with Crippen LogP contribution in [0, 0.1) is 11.3 Å². The SMILES string of the molecule is CCCN(CC1CC1)C(=O)[C@@H](N)C(C)(C)C.Cl. The first-order chi connectivity index (χ1) is 7.36. The van der Waals surface area contributed by atoms with Gasteiger partial charge in [0.05, 0.1) is 6.04 Å². The summed E-state index contributed by atoms with van der Waals surface area (Å²) in [7, 11) is 0. The molecule has 1 atom stereocenters. The van der Waals surface area contributed by atoms with Gasteiger partial charge in [0.25, 0.3) is 0 Å². The second-order valence-corrected chi connectivity index (χ2v) is 6.07. The van der Waals surface area contributed by atoms with E-state index in [0.717, 1.165) is 25.4 Å². The number of carbonyl (C=O) groups excluding carboxylic acids is 1. The fourth-order valence-corrected chi connectivity index (χ4v) is 1.74. The van der Waals surface area contributed by atoms with Crippen LogP contribution in [0.25, 0.3) is 0 Å². The smallest absolute Gasteiger partial charge is 0.240 e. The molecule has 0 spiro atoms. The van der Waals surface area contributed by atoms with Gasteiger partial charge < -0.3 is 10.6 Å². The molecule has 2 N–H and O–H groups in total. The van der Waals surface area contributed by atoms with Crippen molar-refractivity contribution in [3.05, 3.63) is 0 Å². The third-order valence-corrected chi connectivity index (χ3v) is 3.18. The Morgan fingerprint density at radius 3 is 2.29 bits per heavy atom. The fraction of sp³-hybridized carbons (Fsp3) is 0.923. The third-order valence-electron chi connectivity index (χ3n) is 3.18. The molecule has 0 aliphatic heterocycles. The van der Waals surface area contributed by atoms with Crippen molar-refractivity contribution >= 4 is 18.3 Å². The number of nitrogens with two attached hydrogens (primary N) is 1. The highest BCUT2D eigenvalue weighted by Gasteiger charge is 2.33. The minimum atomic E-state index is -0.377. The van der Waals surface area contributed by atoms with E-state index in [0.29, 0.717) is 0 Å². The summed E-state index contributed by atoms with van der Waals surface area (Å²) in [5, 5.41) is 0. The fourth-order valence-electron chi connectivity index (χ4n) is 1.74. The number of carbonyl (C=O) groups is 1. The highest BCUT2D eigenvalue weighted by atomic mass is 35.5. The van der Waals surface area contributed by atoms with Gasteiger partial charge in [-0.25, -0.2) is 0 Å². The second-order valence-electron chi connectivity index (χ2n) is 6.07. The molecule has 0 heterocycles. The highest BCUT2D eigenvalue weighted by Crippen LogP contribution is 2.30. The second kappa shape index (κ2) is 6.60.